The van der Waals surface area contributed by atoms with Gasteiger partial charge in [0.05, 0.1) is 0 Å². The summed E-state index contributed by atoms with van der Waals surface area (Å²) in [6.07, 6.45) is 4.75. The van der Waals surface area contributed by atoms with Gasteiger partial charge in [0.15, 0.2) is 0 Å². The average Bonchev–Trinajstić information content (AvgIpc) is 2.17. The highest BCUT2D eigenvalue weighted by atomic mass is 16.5. The summed E-state index contributed by atoms with van der Waals surface area (Å²) in [5.41, 5.74) is 5.76. The van der Waals surface area contributed by atoms with E-state index >= 15 is 0 Å². The molecule has 1 aliphatic carbocycles. The number of ether oxygens (including phenoxy) is 1. The normalized spacial score (nSPS) is 36.4. The lowest BCUT2D eigenvalue weighted by Gasteiger charge is -2.38. The van der Waals surface area contributed by atoms with Gasteiger partial charge >= 0.3 is 0 Å². The summed E-state index contributed by atoms with van der Waals surface area (Å²) in [4.78, 5) is 0. The van der Waals surface area contributed by atoms with E-state index in [0.717, 1.165) is 32.0 Å². The largest absolute Gasteiger partial charge is 0.381 e. The Labute approximate surface area is 86.4 Å². The molecular weight excluding hydrogens is 176 g/mol. The van der Waals surface area contributed by atoms with Gasteiger partial charge in [-0.2, -0.15) is 0 Å². The zero-order valence-corrected chi connectivity index (χ0v) is 9.04. The van der Waals surface area contributed by atoms with Crippen LogP contribution in [0.15, 0.2) is 0 Å². The molecule has 0 aromatic carbocycles. The lowest BCUT2D eigenvalue weighted by molar-refractivity contribution is 0.0520. The van der Waals surface area contributed by atoms with Crippen molar-refractivity contribution in [2.45, 2.75) is 50.7 Å². The first kappa shape index (κ1) is 10.4. The van der Waals surface area contributed by atoms with Crippen molar-refractivity contribution in [1.29, 1.82) is 0 Å². The third-order valence-electron chi connectivity index (χ3n) is 3.65. The molecule has 1 saturated heterocycles. The molecule has 3 N–H and O–H groups in total. The number of nitrogens with one attached hydrogen (secondary N) is 1. The van der Waals surface area contributed by atoms with Gasteiger partial charge in [0.1, 0.15) is 0 Å². The van der Waals surface area contributed by atoms with E-state index in [-0.39, 0.29) is 0 Å². The molecule has 2 rings (SSSR count). The van der Waals surface area contributed by atoms with Crippen LogP contribution in [0.5, 0.6) is 0 Å². The lowest BCUT2D eigenvalue weighted by Crippen LogP contribution is -2.53. The van der Waals surface area contributed by atoms with Crippen molar-refractivity contribution in [3.8, 4) is 0 Å². The number of hydrogen-bond acceptors (Lipinski definition) is 3. The van der Waals surface area contributed by atoms with Crippen LogP contribution in [0.2, 0.25) is 0 Å². The molecule has 82 valence electrons. The Hall–Kier alpha value is -0.120. The standard InChI is InChI=1S/C11H22N2O/c1-8(9-2-4-14-5-3-9)13-11-6-10(12)7-11/h8-11,13H,2-7,12H2,1H3. The maximum atomic E-state index is 5.76. The molecule has 1 saturated carbocycles. The molecule has 0 radical (unpaired) electrons. The highest BCUT2D eigenvalue weighted by Gasteiger charge is 2.29. The van der Waals surface area contributed by atoms with Crippen LogP contribution in [0, 0.1) is 5.92 Å². The van der Waals surface area contributed by atoms with Gasteiger partial charge in [-0.3, -0.25) is 0 Å². The minimum absolute atomic E-state index is 0.453. The van der Waals surface area contributed by atoms with E-state index in [1.54, 1.807) is 0 Å². The monoisotopic (exact) mass is 198 g/mol. The number of nitrogens with two attached hydrogens (primary N) is 1. The van der Waals surface area contributed by atoms with Gasteiger partial charge in [-0.1, -0.05) is 0 Å². The van der Waals surface area contributed by atoms with Crippen molar-refractivity contribution < 1.29 is 4.74 Å². The minimum Gasteiger partial charge on any atom is -0.381 e. The Bertz CT molecular complexity index is 174. The SMILES string of the molecule is CC(NC1CC(N)C1)C1CCOCC1. The molecule has 0 bridgehead atoms. The summed E-state index contributed by atoms with van der Waals surface area (Å²) in [6.45, 7) is 4.20. The quantitative estimate of drug-likeness (QED) is 0.707. The van der Waals surface area contributed by atoms with Gasteiger partial charge in [-0.15, -0.1) is 0 Å². The predicted molar refractivity (Wildman–Crippen MR) is 57.1 cm³/mol. The smallest absolute Gasteiger partial charge is 0.0469 e. The Morgan fingerprint density at radius 3 is 2.50 bits per heavy atom. The molecule has 3 nitrogen and oxygen atoms in total. The van der Waals surface area contributed by atoms with Crippen LogP contribution in [-0.2, 0) is 4.74 Å². The van der Waals surface area contributed by atoms with Crippen LogP contribution in [0.3, 0.4) is 0 Å². The third-order valence-corrected chi connectivity index (χ3v) is 3.65. The first-order valence-corrected chi connectivity index (χ1v) is 5.85. The van der Waals surface area contributed by atoms with E-state index in [1.807, 2.05) is 0 Å². The topological polar surface area (TPSA) is 47.3 Å². The van der Waals surface area contributed by atoms with Gasteiger partial charge in [-0.25, -0.2) is 0 Å². The second-order valence-corrected chi connectivity index (χ2v) is 4.83. The summed E-state index contributed by atoms with van der Waals surface area (Å²) < 4.78 is 5.36. The average molecular weight is 198 g/mol. The van der Waals surface area contributed by atoms with E-state index in [4.69, 9.17) is 10.5 Å². The predicted octanol–water partition coefficient (Wildman–Crippen LogP) is 0.881. The van der Waals surface area contributed by atoms with Gasteiger partial charge in [0.2, 0.25) is 0 Å². The van der Waals surface area contributed by atoms with Crippen LogP contribution in [0.4, 0.5) is 0 Å². The Morgan fingerprint density at radius 1 is 1.29 bits per heavy atom. The highest BCUT2D eigenvalue weighted by Crippen LogP contribution is 2.23. The molecule has 2 aliphatic rings. The molecule has 1 atom stereocenters. The number of rotatable bonds is 3. The van der Waals surface area contributed by atoms with E-state index in [2.05, 4.69) is 12.2 Å². The molecule has 0 aromatic heterocycles. The summed E-state index contributed by atoms with van der Waals surface area (Å²) >= 11 is 0. The Balaban J connectivity index is 1.69. The molecule has 0 spiro atoms. The fourth-order valence-electron chi connectivity index (χ4n) is 2.52. The van der Waals surface area contributed by atoms with Crippen molar-refractivity contribution in [2.75, 3.05) is 13.2 Å². The van der Waals surface area contributed by atoms with Crippen molar-refractivity contribution in [3.05, 3.63) is 0 Å². The molecule has 1 unspecified atom stereocenters. The molecule has 14 heavy (non-hydrogen) atoms. The van der Waals surface area contributed by atoms with Gasteiger partial charge in [0.25, 0.3) is 0 Å². The van der Waals surface area contributed by atoms with Crippen LogP contribution in [0.25, 0.3) is 0 Å². The third kappa shape index (κ3) is 2.47. The first-order valence-electron chi connectivity index (χ1n) is 5.85. The molecule has 1 aliphatic heterocycles. The van der Waals surface area contributed by atoms with E-state index in [0.29, 0.717) is 18.1 Å². The molecule has 0 aromatic rings. The zero-order valence-electron chi connectivity index (χ0n) is 9.04. The summed E-state index contributed by atoms with van der Waals surface area (Å²) in [7, 11) is 0. The fraction of sp³-hybridized carbons (Fsp3) is 1.00. The van der Waals surface area contributed by atoms with Gasteiger partial charge in [0, 0.05) is 31.3 Å². The summed E-state index contributed by atoms with van der Waals surface area (Å²) in [6, 6.07) is 1.77. The molecule has 2 fully saturated rings. The molecule has 1 heterocycles. The second kappa shape index (κ2) is 4.60. The van der Waals surface area contributed by atoms with Gasteiger partial charge < -0.3 is 15.8 Å². The van der Waals surface area contributed by atoms with Crippen molar-refractivity contribution in [3.63, 3.8) is 0 Å². The van der Waals surface area contributed by atoms with Crippen molar-refractivity contribution >= 4 is 0 Å². The molecule has 3 heteroatoms. The molecule has 0 amide bonds. The lowest BCUT2D eigenvalue weighted by atomic mass is 9.85. The van der Waals surface area contributed by atoms with Crippen LogP contribution < -0.4 is 11.1 Å². The van der Waals surface area contributed by atoms with E-state index in [9.17, 15) is 0 Å². The van der Waals surface area contributed by atoms with Crippen LogP contribution >= 0.6 is 0 Å². The summed E-state index contributed by atoms with van der Waals surface area (Å²) in [5, 5.41) is 3.68. The summed E-state index contributed by atoms with van der Waals surface area (Å²) in [5.74, 6) is 0.806. The van der Waals surface area contributed by atoms with Crippen LogP contribution in [-0.4, -0.2) is 31.3 Å². The van der Waals surface area contributed by atoms with Crippen molar-refractivity contribution in [1.82, 2.24) is 5.32 Å². The van der Waals surface area contributed by atoms with E-state index in [1.165, 1.54) is 12.8 Å². The number of hydrogen-bond donors (Lipinski definition) is 2. The van der Waals surface area contributed by atoms with Crippen LogP contribution in [0.1, 0.15) is 32.6 Å². The zero-order chi connectivity index (χ0) is 9.97. The Morgan fingerprint density at radius 2 is 1.93 bits per heavy atom. The Kier molecular flexibility index (Phi) is 3.42. The van der Waals surface area contributed by atoms with Gasteiger partial charge in [-0.05, 0) is 38.5 Å². The first-order chi connectivity index (χ1) is 6.75. The fourth-order valence-corrected chi connectivity index (χ4v) is 2.52. The maximum absolute atomic E-state index is 5.76. The van der Waals surface area contributed by atoms with Crippen molar-refractivity contribution in [2.24, 2.45) is 11.7 Å². The molecular formula is C11H22N2O. The second-order valence-electron chi connectivity index (χ2n) is 4.83. The van der Waals surface area contributed by atoms with E-state index < -0.39 is 0 Å². The minimum atomic E-state index is 0.453. The maximum Gasteiger partial charge on any atom is 0.0469 e. The highest BCUT2D eigenvalue weighted by molar-refractivity contribution is 4.90.